The molecule has 18 heavy (non-hydrogen) atoms. The Kier molecular flexibility index (Phi) is 6.94. The summed E-state index contributed by atoms with van der Waals surface area (Å²) >= 11 is 0. The first-order valence-electron chi connectivity index (χ1n) is 6.66. The van der Waals surface area contributed by atoms with Gasteiger partial charge in [-0.15, -0.1) is 0 Å². The van der Waals surface area contributed by atoms with Gasteiger partial charge in [0, 0.05) is 6.61 Å². The SMILES string of the molecule is CCOCCOCC(N)c1ccc(C(C)C)cc1. The second kappa shape index (κ2) is 8.25. The minimum atomic E-state index is -0.0622. The molecule has 3 heteroatoms. The average molecular weight is 251 g/mol. The third kappa shape index (κ3) is 5.17. The van der Waals surface area contributed by atoms with Gasteiger partial charge in [-0.05, 0) is 24.0 Å². The normalized spacial score (nSPS) is 12.9. The maximum Gasteiger partial charge on any atom is 0.0701 e. The summed E-state index contributed by atoms with van der Waals surface area (Å²) < 4.78 is 10.7. The molecule has 2 N–H and O–H groups in total. The predicted octanol–water partition coefficient (Wildman–Crippen LogP) is 2.86. The van der Waals surface area contributed by atoms with E-state index in [1.165, 1.54) is 5.56 Å². The van der Waals surface area contributed by atoms with Gasteiger partial charge in [0.15, 0.2) is 0 Å². The molecule has 0 bridgehead atoms. The molecule has 0 spiro atoms. The van der Waals surface area contributed by atoms with Crippen LogP contribution in [0, 0.1) is 0 Å². The van der Waals surface area contributed by atoms with Crippen LogP contribution in [0.2, 0.25) is 0 Å². The van der Waals surface area contributed by atoms with E-state index in [1.54, 1.807) is 0 Å². The van der Waals surface area contributed by atoms with Crippen molar-refractivity contribution in [1.82, 2.24) is 0 Å². The minimum absolute atomic E-state index is 0.0622. The molecule has 0 fully saturated rings. The molecule has 1 aromatic carbocycles. The van der Waals surface area contributed by atoms with E-state index >= 15 is 0 Å². The zero-order valence-corrected chi connectivity index (χ0v) is 11.7. The van der Waals surface area contributed by atoms with Crippen LogP contribution >= 0.6 is 0 Å². The summed E-state index contributed by atoms with van der Waals surface area (Å²) in [6.07, 6.45) is 0. The molecule has 0 aromatic heterocycles. The summed E-state index contributed by atoms with van der Waals surface area (Å²) in [5.41, 5.74) is 8.53. The highest BCUT2D eigenvalue weighted by Crippen LogP contribution is 2.17. The van der Waals surface area contributed by atoms with Gasteiger partial charge in [-0.3, -0.25) is 0 Å². The van der Waals surface area contributed by atoms with Crippen LogP contribution in [-0.4, -0.2) is 26.4 Å². The fourth-order valence-electron chi connectivity index (χ4n) is 1.70. The molecule has 1 unspecified atom stereocenters. The molecule has 0 saturated heterocycles. The van der Waals surface area contributed by atoms with Crippen molar-refractivity contribution < 1.29 is 9.47 Å². The lowest BCUT2D eigenvalue weighted by Crippen LogP contribution is -2.18. The van der Waals surface area contributed by atoms with E-state index in [0.717, 1.165) is 12.2 Å². The van der Waals surface area contributed by atoms with Crippen molar-refractivity contribution in [2.24, 2.45) is 5.73 Å². The monoisotopic (exact) mass is 251 g/mol. The number of benzene rings is 1. The van der Waals surface area contributed by atoms with Crippen molar-refractivity contribution in [1.29, 1.82) is 0 Å². The second-order valence-corrected chi connectivity index (χ2v) is 4.70. The summed E-state index contributed by atoms with van der Waals surface area (Å²) in [6.45, 7) is 8.85. The Morgan fingerprint density at radius 3 is 2.11 bits per heavy atom. The molecule has 102 valence electrons. The largest absolute Gasteiger partial charge is 0.379 e. The fourth-order valence-corrected chi connectivity index (χ4v) is 1.70. The number of ether oxygens (including phenoxy) is 2. The minimum Gasteiger partial charge on any atom is -0.379 e. The van der Waals surface area contributed by atoms with Gasteiger partial charge in [-0.25, -0.2) is 0 Å². The summed E-state index contributed by atoms with van der Waals surface area (Å²) in [7, 11) is 0. The van der Waals surface area contributed by atoms with E-state index in [0.29, 0.717) is 25.7 Å². The van der Waals surface area contributed by atoms with Gasteiger partial charge in [-0.1, -0.05) is 38.1 Å². The molecular formula is C15H25NO2. The number of hydrogen-bond donors (Lipinski definition) is 1. The molecule has 0 aliphatic heterocycles. The van der Waals surface area contributed by atoms with Crippen molar-refractivity contribution in [2.45, 2.75) is 32.7 Å². The number of hydrogen-bond acceptors (Lipinski definition) is 3. The zero-order chi connectivity index (χ0) is 13.4. The maximum absolute atomic E-state index is 6.07. The lowest BCUT2D eigenvalue weighted by Gasteiger charge is -2.14. The fraction of sp³-hybridized carbons (Fsp3) is 0.600. The lowest BCUT2D eigenvalue weighted by atomic mass is 10.00. The second-order valence-electron chi connectivity index (χ2n) is 4.70. The van der Waals surface area contributed by atoms with Gasteiger partial charge in [0.1, 0.15) is 0 Å². The molecule has 0 radical (unpaired) electrons. The number of rotatable bonds is 8. The Balaban J connectivity index is 2.34. The van der Waals surface area contributed by atoms with Crippen molar-refractivity contribution in [3.8, 4) is 0 Å². The van der Waals surface area contributed by atoms with Crippen molar-refractivity contribution in [3.05, 3.63) is 35.4 Å². The maximum atomic E-state index is 6.07. The summed E-state index contributed by atoms with van der Waals surface area (Å²) in [4.78, 5) is 0. The molecule has 0 amide bonds. The highest BCUT2D eigenvalue weighted by Gasteiger charge is 2.06. The Labute approximate surface area is 110 Å². The highest BCUT2D eigenvalue weighted by molar-refractivity contribution is 5.26. The van der Waals surface area contributed by atoms with E-state index in [-0.39, 0.29) is 6.04 Å². The molecule has 0 aliphatic rings. The Hall–Kier alpha value is -0.900. The topological polar surface area (TPSA) is 44.5 Å². The van der Waals surface area contributed by atoms with Gasteiger partial charge in [0.05, 0.1) is 25.9 Å². The Morgan fingerprint density at radius 1 is 1.00 bits per heavy atom. The standard InChI is InChI=1S/C15H25NO2/c1-4-17-9-10-18-11-15(16)14-7-5-13(6-8-14)12(2)3/h5-8,12,15H,4,9-11,16H2,1-3H3. The van der Waals surface area contributed by atoms with Crippen LogP contribution in [0.5, 0.6) is 0 Å². The van der Waals surface area contributed by atoms with Gasteiger partial charge >= 0.3 is 0 Å². The lowest BCUT2D eigenvalue weighted by molar-refractivity contribution is 0.0473. The van der Waals surface area contributed by atoms with E-state index in [9.17, 15) is 0 Å². The van der Waals surface area contributed by atoms with Crippen LogP contribution in [0.25, 0.3) is 0 Å². The van der Waals surface area contributed by atoms with Crippen LogP contribution < -0.4 is 5.73 Å². The zero-order valence-electron chi connectivity index (χ0n) is 11.7. The predicted molar refractivity (Wildman–Crippen MR) is 74.8 cm³/mol. The highest BCUT2D eigenvalue weighted by atomic mass is 16.5. The van der Waals surface area contributed by atoms with Crippen LogP contribution in [0.15, 0.2) is 24.3 Å². The van der Waals surface area contributed by atoms with Crippen LogP contribution in [-0.2, 0) is 9.47 Å². The Bertz CT molecular complexity index is 322. The van der Waals surface area contributed by atoms with Crippen LogP contribution in [0.4, 0.5) is 0 Å². The van der Waals surface area contributed by atoms with Crippen LogP contribution in [0.3, 0.4) is 0 Å². The average Bonchev–Trinajstić information content (AvgIpc) is 2.38. The van der Waals surface area contributed by atoms with E-state index in [4.69, 9.17) is 15.2 Å². The summed E-state index contributed by atoms with van der Waals surface area (Å²) in [6, 6.07) is 8.39. The van der Waals surface area contributed by atoms with E-state index in [2.05, 4.69) is 38.1 Å². The first kappa shape index (κ1) is 15.2. The first-order valence-corrected chi connectivity index (χ1v) is 6.66. The van der Waals surface area contributed by atoms with Crippen LogP contribution in [0.1, 0.15) is 43.9 Å². The Morgan fingerprint density at radius 2 is 1.56 bits per heavy atom. The number of nitrogens with two attached hydrogens (primary N) is 1. The van der Waals surface area contributed by atoms with E-state index in [1.807, 2.05) is 6.92 Å². The molecule has 0 saturated carbocycles. The van der Waals surface area contributed by atoms with Gasteiger partial charge < -0.3 is 15.2 Å². The molecule has 1 atom stereocenters. The molecule has 1 aromatic rings. The van der Waals surface area contributed by atoms with E-state index < -0.39 is 0 Å². The molecule has 0 heterocycles. The van der Waals surface area contributed by atoms with Crippen molar-refractivity contribution in [2.75, 3.05) is 26.4 Å². The van der Waals surface area contributed by atoms with Crippen molar-refractivity contribution >= 4 is 0 Å². The third-order valence-corrected chi connectivity index (χ3v) is 2.90. The third-order valence-electron chi connectivity index (χ3n) is 2.90. The molecule has 1 rings (SSSR count). The van der Waals surface area contributed by atoms with Gasteiger partial charge in [0.2, 0.25) is 0 Å². The molecule has 0 aliphatic carbocycles. The first-order chi connectivity index (χ1) is 8.65. The van der Waals surface area contributed by atoms with Crippen molar-refractivity contribution in [3.63, 3.8) is 0 Å². The summed E-state index contributed by atoms with van der Waals surface area (Å²) in [5.74, 6) is 0.553. The molecule has 3 nitrogen and oxygen atoms in total. The molecular weight excluding hydrogens is 226 g/mol. The van der Waals surface area contributed by atoms with Gasteiger partial charge in [0.25, 0.3) is 0 Å². The smallest absolute Gasteiger partial charge is 0.0701 e. The van der Waals surface area contributed by atoms with Gasteiger partial charge in [-0.2, -0.15) is 0 Å². The quantitative estimate of drug-likeness (QED) is 0.723. The summed E-state index contributed by atoms with van der Waals surface area (Å²) in [5, 5.41) is 0.